The topological polar surface area (TPSA) is 60.5 Å². The Bertz CT molecular complexity index is 1020. The summed E-state index contributed by atoms with van der Waals surface area (Å²) in [6.07, 6.45) is 0. The number of pyridine rings is 1. The molecule has 0 saturated heterocycles. The molecule has 1 amide bonds. The van der Waals surface area contributed by atoms with Gasteiger partial charge in [-0.25, -0.2) is 4.98 Å². The Morgan fingerprint density at radius 1 is 1.14 bits per heavy atom. The Morgan fingerprint density at radius 2 is 1.93 bits per heavy atom. The number of ether oxygens (including phenoxy) is 2. The molecule has 0 bridgehead atoms. The summed E-state index contributed by atoms with van der Waals surface area (Å²) in [5.41, 5.74) is 3.11. The van der Waals surface area contributed by atoms with Crippen molar-refractivity contribution in [1.29, 1.82) is 0 Å². The summed E-state index contributed by atoms with van der Waals surface area (Å²) in [6, 6.07) is 15.7. The summed E-state index contributed by atoms with van der Waals surface area (Å²) in [5, 5.41) is 5.04. The molecule has 0 spiro atoms. The second kappa shape index (κ2) is 8.10. The number of carbonyl (C=O) groups excluding carboxylic acids is 1. The summed E-state index contributed by atoms with van der Waals surface area (Å²) in [7, 11) is 0. The molecule has 0 aliphatic carbocycles. The minimum absolute atomic E-state index is 0.0278. The molecule has 1 aliphatic rings. The highest BCUT2D eigenvalue weighted by atomic mass is 32.2. The lowest BCUT2D eigenvalue weighted by Gasteiger charge is -2.21. The van der Waals surface area contributed by atoms with Crippen LogP contribution in [-0.4, -0.2) is 29.9 Å². The van der Waals surface area contributed by atoms with Gasteiger partial charge in [0.25, 0.3) is 0 Å². The van der Waals surface area contributed by atoms with Gasteiger partial charge in [-0.15, -0.1) is 0 Å². The number of amides is 1. The van der Waals surface area contributed by atoms with Gasteiger partial charge < -0.3 is 14.8 Å². The Kier molecular flexibility index (Phi) is 5.39. The molecule has 6 heteroatoms. The molecular weight excluding hydrogens is 372 g/mol. The van der Waals surface area contributed by atoms with Crippen LogP contribution in [0.5, 0.6) is 11.5 Å². The highest BCUT2D eigenvalue weighted by Gasteiger charge is 2.16. The predicted octanol–water partition coefficient (Wildman–Crippen LogP) is 4.28. The molecule has 2 aromatic carbocycles. The van der Waals surface area contributed by atoms with E-state index in [0.717, 1.165) is 38.6 Å². The molecule has 144 valence electrons. The van der Waals surface area contributed by atoms with Crippen molar-refractivity contribution in [2.24, 2.45) is 0 Å². The summed E-state index contributed by atoms with van der Waals surface area (Å²) in [5.74, 6) is 1.77. The summed E-state index contributed by atoms with van der Waals surface area (Å²) < 4.78 is 11.2. The van der Waals surface area contributed by atoms with E-state index in [1.54, 1.807) is 0 Å². The molecule has 1 aliphatic heterocycles. The van der Waals surface area contributed by atoms with Crippen molar-refractivity contribution in [3.63, 3.8) is 0 Å². The van der Waals surface area contributed by atoms with Crippen LogP contribution < -0.4 is 14.8 Å². The number of carbonyl (C=O) groups is 1. The van der Waals surface area contributed by atoms with Crippen LogP contribution in [0.4, 0.5) is 0 Å². The maximum absolute atomic E-state index is 12.4. The smallest absolute Gasteiger partial charge is 0.230 e. The minimum atomic E-state index is -0.116. The first kappa shape index (κ1) is 18.6. The van der Waals surface area contributed by atoms with Gasteiger partial charge in [-0.3, -0.25) is 4.79 Å². The van der Waals surface area contributed by atoms with Crippen LogP contribution in [0.2, 0.25) is 0 Å². The highest BCUT2D eigenvalue weighted by molar-refractivity contribution is 7.99. The minimum Gasteiger partial charge on any atom is -0.486 e. The van der Waals surface area contributed by atoms with Gasteiger partial charge in [-0.1, -0.05) is 36.0 Å². The van der Waals surface area contributed by atoms with E-state index in [-0.39, 0.29) is 11.9 Å². The first-order valence-corrected chi connectivity index (χ1v) is 10.3. The standard InChI is InChI=1S/C22H22N2O3S/c1-14-11-22(24-18-6-4-3-5-17(14)18)28-13-21(25)23-15(2)16-7-8-19-20(12-16)27-10-9-26-19/h3-8,11-12,15H,9-10,13H2,1-2H3,(H,23,25). The molecule has 3 aromatic rings. The molecule has 1 aromatic heterocycles. The van der Waals surface area contributed by atoms with Crippen molar-refractivity contribution < 1.29 is 14.3 Å². The number of aromatic nitrogens is 1. The van der Waals surface area contributed by atoms with E-state index in [4.69, 9.17) is 9.47 Å². The fourth-order valence-electron chi connectivity index (χ4n) is 3.23. The third-order valence-electron chi connectivity index (χ3n) is 4.69. The van der Waals surface area contributed by atoms with Crippen LogP contribution in [-0.2, 0) is 4.79 Å². The largest absolute Gasteiger partial charge is 0.486 e. The number of aryl methyl sites for hydroxylation is 1. The molecule has 0 radical (unpaired) electrons. The number of hydrogen-bond donors (Lipinski definition) is 1. The number of nitrogens with one attached hydrogen (secondary N) is 1. The zero-order chi connectivity index (χ0) is 19.5. The second-order valence-electron chi connectivity index (χ2n) is 6.78. The van der Waals surface area contributed by atoms with Crippen LogP contribution in [0.3, 0.4) is 0 Å². The summed E-state index contributed by atoms with van der Waals surface area (Å²) in [4.78, 5) is 17.1. The molecule has 1 atom stereocenters. The highest BCUT2D eigenvalue weighted by Crippen LogP contribution is 2.32. The molecule has 2 heterocycles. The Morgan fingerprint density at radius 3 is 2.79 bits per heavy atom. The van der Waals surface area contributed by atoms with Crippen molar-refractivity contribution in [3.05, 3.63) is 59.7 Å². The molecule has 1 N–H and O–H groups in total. The van der Waals surface area contributed by atoms with Gasteiger partial charge in [0.1, 0.15) is 13.2 Å². The van der Waals surface area contributed by atoms with Gasteiger partial charge in [-0.05, 0) is 49.2 Å². The fourth-order valence-corrected chi connectivity index (χ4v) is 4.01. The fraction of sp³-hybridized carbons (Fsp3) is 0.273. The van der Waals surface area contributed by atoms with E-state index in [2.05, 4.69) is 23.3 Å². The first-order valence-electron chi connectivity index (χ1n) is 9.28. The molecule has 0 fully saturated rings. The van der Waals surface area contributed by atoms with E-state index in [1.165, 1.54) is 11.8 Å². The van der Waals surface area contributed by atoms with E-state index in [9.17, 15) is 4.79 Å². The number of nitrogens with zero attached hydrogens (tertiary/aromatic N) is 1. The van der Waals surface area contributed by atoms with Crippen molar-refractivity contribution in [3.8, 4) is 11.5 Å². The van der Waals surface area contributed by atoms with Crippen molar-refractivity contribution in [2.45, 2.75) is 24.9 Å². The molecule has 28 heavy (non-hydrogen) atoms. The van der Waals surface area contributed by atoms with E-state index >= 15 is 0 Å². The number of para-hydroxylation sites is 1. The number of hydrogen-bond acceptors (Lipinski definition) is 5. The van der Waals surface area contributed by atoms with Crippen LogP contribution in [0.25, 0.3) is 10.9 Å². The molecule has 4 rings (SSSR count). The number of benzene rings is 2. The zero-order valence-corrected chi connectivity index (χ0v) is 16.7. The third-order valence-corrected chi connectivity index (χ3v) is 5.61. The zero-order valence-electron chi connectivity index (χ0n) is 15.9. The average molecular weight is 394 g/mol. The van der Waals surface area contributed by atoms with Gasteiger partial charge in [0.2, 0.25) is 5.91 Å². The van der Waals surface area contributed by atoms with E-state index < -0.39 is 0 Å². The SMILES string of the molecule is Cc1cc(SCC(=O)NC(C)c2ccc3c(c2)OCCO3)nc2ccccc12. The van der Waals surface area contributed by atoms with Crippen molar-refractivity contribution in [2.75, 3.05) is 19.0 Å². The van der Waals surface area contributed by atoms with Crippen LogP contribution in [0.1, 0.15) is 24.1 Å². The number of thioether (sulfide) groups is 1. The van der Waals surface area contributed by atoms with Gasteiger partial charge in [0, 0.05) is 5.39 Å². The Hall–Kier alpha value is -2.73. The van der Waals surface area contributed by atoms with E-state index in [1.807, 2.05) is 49.4 Å². The van der Waals surface area contributed by atoms with Gasteiger partial charge in [0.15, 0.2) is 11.5 Å². The van der Waals surface area contributed by atoms with E-state index in [0.29, 0.717) is 19.0 Å². The maximum atomic E-state index is 12.4. The lowest BCUT2D eigenvalue weighted by molar-refractivity contribution is -0.119. The molecule has 5 nitrogen and oxygen atoms in total. The second-order valence-corrected chi connectivity index (χ2v) is 7.77. The van der Waals surface area contributed by atoms with Crippen LogP contribution in [0.15, 0.2) is 53.6 Å². The monoisotopic (exact) mass is 394 g/mol. The summed E-state index contributed by atoms with van der Waals surface area (Å²) >= 11 is 1.45. The van der Waals surface area contributed by atoms with Crippen molar-refractivity contribution in [1.82, 2.24) is 10.3 Å². The number of fused-ring (bicyclic) bond motifs is 2. The molecule has 0 saturated carbocycles. The third kappa shape index (κ3) is 4.07. The average Bonchev–Trinajstić information content (AvgIpc) is 2.72. The lowest BCUT2D eigenvalue weighted by atomic mass is 10.1. The van der Waals surface area contributed by atoms with Gasteiger partial charge in [-0.2, -0.15) is 0 Å². The lowest BCUT2D eigenvalue weighted by Crippen LogP contribution is -2.28. The normalized spacial score (nSPS) is 13.9. The summed E-state index contributed by atoms with van der Waals surface area (Å²) in [6.45, 7) is 5.15. The Balaban J connectivity index is 1.38. The maximum Gasteiger partial charge on any atom is 0.230 e. The number of rotatable bonds is 5. The first-order chi connectivity index (χ1) is 13.6. The molecular formula is C22H22N2O3S. The Labute approximate surface area is 168 Å². The van der Waals surface area contributed by atoms with Gasteiger partial charge >= 0.3 is 0 Å². The quantitative estimate of drug-likeness (QED) is 0.655. The molecule has 1 unspecified atom stereocenters. The van der Waals surface area contributed by atoms with Gasteiger partial charge in [0.05, 0.1) is 22.3 Å². The van der Waals surface area contributed by atoms with Crippen LogP contribution in [0, 0.1) is 6.92 Å². The predicted molar refractivity (Wildman–Crippen MR) is 111 cm³/mol. The van der Waals surface area contributed by atoms with Crippen molar-refractivity contribution >= 4 is 28.6 Å². The van der Waals surface area contributed by atoms with Crippen LogP contribution >= 0.6 is 11.8 Å².